The highest BCUT2D eigenvalue weighted by Crippen LogP contribution is 2.38. The van der Waals surface area contributed by atoms with E-state index >= 15 is 0 Å². The zero-order chi connectivity index (χ0) is 18.3. The maximum Gasteiger partial charge on any atom is 0.422 e. The fourth-order valence-electron chi connectivity index (χ4n) is 3.23. The lowest BCUT2D eigenvalue weighted by Gasteiger charge is -2.35. The first-order valence-electron chi connectivity index (χ1n) is 8.57. The SMILES string of the molecule is Cl.NCC1(CC(=O)NCc2ccc(OCC(F)(F)F)cc2)CCCCC1. The lowest BCUT2D eigenvalue weighted by molar-refractivity contribution is -0.153. The van der Waals surface area contributed by atoms with Crippen LogP contribution in [0.3, 0.4) is 0 Å². The molecule has 1 saturated carbocycles. The first-order valence-corrected chi connectivity index (χ1v) is 8.57. The lowest BCUT2D eigenvalue weighted by atomic mass is 9.71. The Bertz CT molecular complexity index is 559. The van der Waals surface area contributed by atoms with Crippen LogP contribution in [-0.4, -0.2) is 25.2 Å². The number of nitrogens with one attached hydrogen (secondary N) is 1. The molecule has 8 heteroatoms. The van der Waals surface area contributed by atoms with E-state index in [1.165, 1.54) is 18.6 Å². The van der Waals surface area contributed by atoms with E-state index < -0.39 is 12.8 Å². The summed E-state index contributed by atoms with van der Waals surface area (Å²) in [6.07, 6.45) is 1.48. The van der Waals surface area contributed by atoms with Gasteiger partial charge in [0.1, 0.15) is 5.75 Å². The van der Waals surface area contributed by atoms with Crippen molar-refractivity contribution in [1.82, 2.24) is 5.32 Å². The molecule has 2 rings (SSSR count). The molecule has 1 aliphatic carbocycles. The first kappa shape index (κ1) is 22.6. The van der Waals surface area contributed by atoms with Crippen LogP contribution < -0.4 is 15.8 Å². The molecule has 148 valence electrons. The Balaban J connectivity index is 0.00000338. The molecule has 0 spiro atoms. The monoisotopic (exact) mass is 394 g/mol. The number of carbonyl (C=O) groups excluding carboxylic acids is 1. The van der Waals surface area contributed by atoms with Crippen molar-refractivity contribution in [2.75, 3.05) is 13.2 Å². The molecule has 0 aromatic heterocycles. The van der Waals surface area contributed by atoms with Crippen LogP contribution in [-0.2, 0) is 11.3 Å². The summed E-state index contributed by atoms with van der Waals surface area (Å²) in [6, 6.07) is 6.22. The molecule has 1 amide bonds. The first-order chi connectivity index (χ1) is 11.8. The number of rotatable bonds is 7. The van der Waals surface area contributed by atoms with Gasteiger partial charge in [-0.15, -0.1) is 12.4 Å². The van der Waals surface area contributed by atoms with Gasteiger partial charge in [-0.3, -0.25) is 4.79 Å². The Kier molecular flexibility index (Phi) is 8.70. The van der Waals surface area contributed by atoms with Crippen LogP contribution in [0.2, 0.25) is 0 Å². The van der Waals surface area contributed by atoms with Gasteiger partial charge in [-0.1, -0.05) is 31.4 Å². The second-order valence-corrected chi connectivity index (χ2v) is 6.77. The molecule has 0 radical (unpaired) electrons. The highest BCUT2D eigenvalue weighted by Gasteiger charge is 2.32. The molecular formula is C18H26ClF3N2O2. The smallest absolute Gasteiger partial charge is 0.422 e. The van der Waals surface area contributed by atoms with Gasteiger partial charge in [-0.05, 0) is 42.5 Å². The topological polar surface area (TPSA) is 64.4 Å². The average Bonchev–Trinajstić information content (AvgIpc) is 2.59. The van der Waals surface area contributed by atoms with E-state index in [0.717, 1.165) is 31.2 Å². The number of nitrogens with two attached hydrogens (primary N) is 1. The number of carbonyl (C=O) groups is 1. The number of alkyl halides is 3. The Hall–Kier alpha value is -1.47. The fraction of sp³-hybridized carbons (Fsp3) is 0.611. The molecule has 0 bridgehead atoms. The van der Waals surface area contributed by atoms with Crippen LogP contribution in [0, 0.1) is 5.41 Å². The Morgan fingerprint density at radius 1 is 1.15 bits per heavy atom. The number of hydrogen-bond acceptors (Lipinski definition) is 3. The van der Waals surface area contributed by atoms with Crippen LogP contribution >= 0.6 is 12.4 Å². The largest absolute Gasteiger partial charge is 0.484 e. The van der Waals surface area contributed by atoms with E-state index in [1.54, 1.807) is 12.1 Å². The number of amides is 1. The molecule has 1 aromatic carbocycles. The van der Waals surface area contributed by atoms with E-state index in [0.29, 0.717) is 19.5 Å². The molecule has 0 atom stereocenters. The molecular weight excluding hydrogens is 369 g/mol. The van der Waals surface area contributed by atoms with E-state index in [-0.39, 0.29) is 29.5 Å². The van der Waals surface area contributed by atoms with Crippen molar-refractivity contribution in [3.05, 3.63) is 29.8 Å². The van der Waals surface area contributed by atoms with Crippen LogP contribution in [0.15, 0.2) is 24.3 Å². The summed E-state index contributed by atoms with van der Waals surface area (Å²) < 4.78 is 41.0. The molecule has 1 aliphatic rings. The number of benzene rings is 1. The Labute approximate surface area is 158 Å². The van der Waals surface area contributed by atoms with Crippen molar-refractivity contribution in [2.24, 2.45) is 11.1 Å². The second kappa shape index (κ2) is 10.0. The highest BCUT2D eigenvalue weighted by atomic mass is 35.5. The van der Waals surface area contributed by atoms with E-state index in [2.05, 4.69) is 10.1 Å². The predicted molar refractivity (Wildman–Crippen MR) is 96.3 cm³/mol. The molecule has 3 N–H and O–H groups in total. The Morgan fingerprint density at radius 3 is 2.31 bits per heavy atom. The third-order valence-electron chi connectivity index (χ3n) is 4.70. The third-order valence-corrected chi connectivity index (χ3v) is 4.70. The summed E-state index contributed by atoms with van der Waals surface area (Å²) in [7, 11) is 0. The van der Waals surface area contributed by atoms with E-state index in [9.17, 15) is 18.0 Å². The minimum absolute atomic E-state index is 0. The van der Waals surface area contributed by atoms with Gasteiger partial charge in [-0.25, -0.2) is 0 Å². The van der Waals surface area contributed by atoms with Gasteiger partial charge < -0.3 is 15.8 Å². The zero-order valence-corrected chi connectivity index (χ0v) is 15.4. The minimum Gasteiger partial charge on any atom is -0.484 e. The predicted octanol–water partition coefficient (Wildman–Crippen LogP) is 3.97. The van der Waals surface area contributed by atoms with Gasteiger partial charge in [0.2, 0.25) is 5.91 Å². The van der Waals surface area contributed by atoms with Crippen LogP contribution in [0.4, 0.5) is 13.2 Å². The van der Waals surface area contributed by atoms with Gasteiger partial charge in [0.25, 0.3) is 0 Å². The van der Waals surface area contributed by atoms with E-state index in [4.69, 9.17) is 5.73 Å². The molecule has 1 aromatic rings. The van der Waals surface area contributed by atoms with Gasteiger partial charge >= 0.3 is 6.18 Å². The van der Waals surface area contributed by atoms with Crippen molar-refractivity contribution in [2.45, 2.75) is 51.2 Å². The summed E-state index contributed by atoms with van der Waals surface area (Å²) in [4.78, 5) is 12.2. The fourth-order valence-corrected chi connectivity index (χ4v) is 3.23. The van der Waals surface area contributed by atoms with Crippen LogP contribution in [0.1, 0.15) is 44.1 Å². The average molecular weight is 395 g/mol. The summed E-state index contributed by atoms with van der Waals surface area (Å²) >= 11 is 0. The number of halogens is 4. The summed E-state index contributed by atoms with van der Waals surface area (Å²) in [5, 5.41) is 2.87. The summed E-state index contributed by atoms with van der Waals surface area (Å²) in [6.45, 7) is -0.463. The maximum atomic E-state index is 12.2. The maximum absolute atomic E-state index is 12.2. The lowest BCUT2D eigenvalue weighted by Crippen LogP contribution is -2.38. The Morgan fingerprint density at radius 2 is 1.77 bits per heavy atom. The van der Waals surface area contributed by atoms with Gasteiger partial charge in [0.05, 0.1) is 0 Å². The van der Waals surface area contributed by atoms with Gasteiger partial charge in [0.15, 0.2) is 6.61 Å². The van der Waals surface area contributed by atoms with Crippen LogP contribution in [0.25, 0.3) is 0 Å². The third kappa shape index (κ3) is 7.41. The molecule has 0 heterocycles. The quantitative estimate of drug-likeness (QED) is 0.735. The number of ether oxygens (including phenoxy) is 1. The van der Waals surface area contributed by atoms with Gasteiger partial charge in [0, 0.05) is 13.0 Å². The second-order valence-electron chi connectivity index (χ2n) is 6.77. The van der Waals surface area contributed by atoms with Crippen molar-refractivity contribution < 1.29 is 22.7 Å². The molecule has 1 fully saturated rings. The van der Waals surface area contributed by atoms with Crippen molar-refractivity contribution in [3.63, 3.8) is 0 Å². The van der Waals surface area contributed by atoms with Crippen molar-refractivity contribution in [1.29, 1.82) is 0 Å². The van der Waals surface area contributed by atoms with Crippen molar-refractivity contribution in [3.8, 4) is 5.75 Å². The van der Waals surface area contributed by atoms with Crippen molar-refractivity contribution >= 4 is 18.3 Å². The van der Waals surface area contributed by atoms with E-state index in [1.807, 2.05) is 0 Å². The molecule has 0 saturated heterocycles. The van der Waals surface area contributed by atoms with Crippen LogP contribution in [0.5, 0.6) is 5.75 Å². The molecule has 0 aliphatic heterocycles. The molecule has 4 nitrogen and oxygen atoms in total. The minimum atomic E-state index is -4.36. The van der Waals surface area contributed by atoms with Gasteiger partial charge in [-0.2, -0.15) is 13.2 Å². The standard InChI is InChI=1S/C18H25F3N2O2.ClH/c19-18(20,21)13-25-15-6-4-14(5-7-15)11-23-16(24)10-17(12-22)8-2-1-3-9-17;/h4-7H,1-3,8-13,22H2,(H,23,24);1H. The molecule has 0 unspecified atom stereocenters. The number of hydrogen-bond donors (Lipinski definition) is 2. The zero-order valence-electron chi connectivity index (χ0n) is 14.6. The summed E-state index contributed by atoms with van der Waals surface area (Å²) in [5.41, 5.74) is 6.61. The molecule has 26 heavy (non-hydrogen) atoms. The summed E-state index contributed by atoms with van der Waals surface area (Å²) in [5.74, 6) is 0.112. The highest BCUT2D eigenvalue weighted by molar-refractivity contribution is 5.85. The normalized spacial score (nSPS) is 16.5.